The Labute approximate surface area is 148 Å². The number of halogens is 1. The number of rotatable bonds is 4. The molecule has 1 aliphatic heterocycles. The van der Waals surface area contributed by atoms with Gasteiger partial charge in [-0.25, -0.2) is 0 Å². The summed E-state index contributed by atoms with van der Waals surface area (Å²) < 4.78 is 0. The Balaban J connectivity index is 2.12. The standard InChI is InChI=1S/C19H24ClN3O/c1-13(2)14-5-7-15(8-6-14)19(24,18(3)11-23(4)12-18)16-9-17(20)22-21-10-16/h5-10,13,24H,11-12H2,1-4H3/t19-/m0/s1. The number of likely N-dealkylation sites (tertiary alicyclic amines) is 1. The quantitative estimate of drug-likeness (QED) is 0.922. The van der Waals surface area contributed by atoms with Crippen LogP contribution in [0.5, 0.6) is 0 Å². The molecule has 2 heterocycles. The molecule has 0 unspecified atom stereocenters. The second kappa shape index (κ2) is 6.10. The third kappa shape index (κ3) is 2.73. The van der Waals surface area contributed by atoms with Crippen LogP contribution < -0.4 is 0 Å². The lowest BCUT2D eigenvalue weighted by atomic mass is 9.62. The predicted molar refractivity (Wildman–Crippen MR) is 96.2 cm³/mol. The summed E-state index contributed by atoms with van der Waals surface area (Å²) in [5, 5.41) is 19.9. The number of aromatic nitrogens is 2. The minimum absolute atomic E-state index is 0.293. The van der Waals surface area contributed by atoms with E-state index in [9.17, 15) is 5.11 Å². The molecule has 1 N–H and O–H groups in total. The number of benzene rings is 1. The lowest BCUT2D eigenvalue weighted by Crippen LogP contribution is -2.63. The van der Waals surface area contributed by atoms with Gasteiger partial charge in [-0.2, -0.15) is 5.10 Å². The zero-order valence-electron chi connectivity index (χ0n) is 14.6. The Bertz CT molecular complexity index is 726. The predicted octanol–water partition coefficient (Wildman–Crippen LogP) is 3.44. The molecule has 0 saturated carbocycles. The van der Waals surface area contributed by atoms with Gasteiger partial charge in [0, 0.05) is 24.1 Å². The highest BCUT2D eigenvalue weighted by Gasteiger charge is 2.55. The van der Waals surface area contributed by atoms with Crippen molar-refractivity contribution in [1.29, 1.82) is 0 Å². The largest absolute Gasteiger partial charge is 0.380 e. The molecule has 1 atom stereocenters. The van der Waals surface area contributed by atoms with Crippen molar-refractivity contribution < 1.29 is 5.11 Å². The third-order valence-corrected chi connectivity index (χ3v) is 5.33. The van der Waals surface area contributed by atoms with Gasteiger partial charge in [-0.1, -0.05) is 56.6 Å². The zero-order chi connectivity index (χ0) is 17.5. The maximum absolute atomic E-state index is 11.9. The van der Waals surface area contributed by atoms with Crippen molar-refractivity contribution >= 4 is 11.6 Å². The fraction of sp³-hybridized carbons (Fsp3) is 0.474. The van der Waals surface area contributed by atoms with Crippen LogP contribution in [0.4, 0.5) is 0 Å². The van der Waals surface area contributed by atoms with E-state index in [1.54, 1.807) is 12.3 Å². The molecule has 3 rings (SSSR count). The second-order valence-electron chi connectivity index (χ2n) is 7.49. The van der Waals surface area contributed by atoms with Crippen molar-refractivity contribution in [3.05, 3.63) is 58.4 Å². The SMILES string of the molecule is CC(C)c1ccc([C@](O)(c2cnnc(Cl)c2)C2(C)CN(C)C2)cc1. The van der Waals surface area contributed by atoms with E-state index in [0.29, 0.717) is 16.6 Å². The summed E-state index contributed by atoms with van der Waals surface area (Å²) in [5.41, 5.74) is 1.34. The molecule has 24 heavy (non-hydrogen) atoms. The van der Waals surface area contributed by atoms with Crippen LogP contribution in [-0.2, 0) is 5.60 Å². The fourth-order valence-corrected chi connectivity index (χ4v) is 4.05. The van der Waals surface area contributed by atoms with Crippen LogP contribution in [0.3, 0.4) is 0 Å². The summed E-state index contributed by atoms with van der Waals surface area (Å²) in [6.07, 6.45) is 1.62. The van der Waals surface area contributed by atoms with Crippen LogP contribution in [0.2, 0.25) is 5.15 Å². The Morgan fingerprint density at radius 1 is 1.21 bits per heavy atom. The van der Waals surface area contributed by atoms with Crippen molar-refractivity contribution in [1.82, 2.24) is 15.1 Å². The van der Waals surface area contributed by atoms with E-state index in [1.807, 2.05) is 12.1 Å². The molecule has 0 spiro atoms. The maximum Gasteiger partial charge on any atom is 0.152 e. The lowest BCUT2D eigenvalue weighted by Gasteiger charge is -2.55. The topological polar surface area (TPSA) is 49.3 Å². The second-order valence-corrected chi connectivity index (χ2v) is 7.87. The molecule has 2 aromatic rings. The first-order valence-corrected chi connectivity index (χ1v) is 8.64. The highest BCUT2D eigenvalue weighted by Crippen LogP contribution is 2.50. The zero-order valence-corrected chi connectivity index (χ0v) is 15.4. The molecule has 0 amide bonds. The van der Waals surface area contributed by atoms with Crippen molar-refractivity contribution in [3.63, 3.8) is 0 Å². The normalized spacial score (nSPS) is 19.8. The van der Waals surface area contributed by atoms with Crippen molar-refractivity contribution in [2.24, 2.45) is 5.41 Å². The fourth-order valence-electron chi connectivity index (χ4n) is 3.89. The first-order chi connectivity index (χ1) is 11.3. The molecule has 1 saturated heterocycles. The molecule has 128 valence electrons. The number of hydrogen-bond acceptors (Lipinski definition) is 4. The van der Waals surface area contributed by atoms with Gasteiger partial charge in [-0.15, -0.1) is 5.10 Å². The van der Waals surface area contributed by atoms with E-state index in [4.69, 9.17) is 11.6 Å². The van der Waals surface area contributed by atoms with Crippen LogP contribution in [0.15, 0.2) is 36.5 Å². The first-order valence-electron chi connectivity index (χ1n) is 8.26. The van der Waals surface area contributed by atoms with Crippen molar-refractivity contribution in [2.45, 2.75) is 32.3 Å². The van der Waals surface area contributed by atoms with Gasteiger partial charge < -0.3 is 10.0 Å². The van der Waals surface area contributed by atoms with Gasteiger partial charge in [0.25, 0.3) is 0 Å². The molecule has 4 nitrogen and oxygen atoms in total. The Hall–Kier alpha value is -1.49. The molecule has 1 aromatic carbocycles. The average molecular weight is 346 g/mol. The van der Waals surface area contributed by atoms with Crippen LogP contribution in [0, 0.1) is 5.41 Å². The molecular formula is C19H24ClN3O. The Morgan fingerprint density at radius 2 is 1.83 bits per heavy atom. The molecule has 0 aliphatic carbocycles. The lowest BCUT2D eigenvalue weighted by molar-refractivity contribution is -0.127. The number of hydrogen-bond donors (Lipinski definition) is 1. The van der Waals surface area contributed by atoms with Gasteiger partial charge in [0.15, 0.2) is 5.15 Å². The van der Waals surface area contributed by atoms with Gasteiger partial charge in [0.2, 0.25) is 0 Å². The van der Waals surface area contributed by atoms with E-state index >= 15 is 0 Å². The minimum atomic E-state index is -1.16. The third-order valence-electron chi connectivity index (χ3n) is 5.15. The van der Waals surface area contributed by atoms with Gasteiger partial charge >= 0.3 is 0 Å². The number of nitrogens with zero attached hydrogens (tertiary/aromatic N) is 3. The molecule has 0 bridgehead atoms. The molecule has 0 radical (unpaired) electrons. The van der Waals surface area contributed by atoms with Gasteiger partial charge in [-0.05, 0) is 30.2 Å². The van der Waals surface area contributed by atoms with Crippen molar-refractivity contribution in [2.75, 3.05) is 20.1 Å². The van der Waals surface area contributed by atoms with Crippen LogP contribution in [0.1, 0.15) is 43.4 Å². The monoisotopic (exact) mass is 345 g/mol. The highest BCUT2D eigenvalue weighted by molar-refractivity contribution is 6.29. The molecule has 1 aliphatic rings. The summed E-state index contributed by atoms with van der Waals surface area (Å²) in [5.74, 6) is 0.453. The van der Waals surface area contributed by atoms with Gasteiger partial charge in [0.1, 0.15) is 5.60 Å². The van der Waals surface area contributed by atoms with Gasteiger partial charge in [-0.3, -0.25) is 0 Å². The summed E-state index contributed by atoms with van der Waals surface area (Å²) in [4.78, 5) is 2.20. The van der Waals surface area contributed by atoms with E-state index in [2.05, 4.69) is 55.0 Å². The number of aliphatic hydroxyl groups is 1. The molecule has 1 aromatic heterocycles. The Kier molecular flexibility index (Phi) is 4.41. The maximum atomic E-state index is 11.9. The summed E-state index contributed by atoms with van der Waals surface area (Å²) >= 11 is 6.05. The van der Waals surface area contributed by atoms with Crippen molar-refractivity contribution in [3.8, 4) is 0 Å². The van der Waals surface area contributed by atoms with Crippen LogP contribution >= 0.6 is 11.6 Å². The summed E-state index contributed by atoms with van der Waals surface area (Å²) in [7, 11) is 2.06. The highest BCUT2D eigenvalue weighted by atomic mass is 35.5. The molecule has 1 fully saturated rings. The minimum Gasteiger partial charge on any atom is -0.380 e. The molecular weight excluding hydrogens is 322 g/mol. The molecule has 5 heteroatoms. The Morgan fingerprint density at radius 3 is 2.33 bits per heavy atom. The van der Waals surface area contributed by atoms with E-state index in [-0.39, 0.29) is 5.41 Å². The van der Waals surface area contributed by atoms with E-state index in [0.717, 1.165) is 18.7 Å². The van der Waals surface area contributed by atoms with Crippen LogP contribution in [0.25, 0.3) is 0 Å². The van der Waals surface area contributed by atoms with Gasteiger partial charge in [0.05, 0.1) is 6.20 Å². The van der Waals surface area contributed by atoms with E-state index in [1.165, 1.54) is 5.56 Å². The average Bonchev–Trinajstić information content (AvgIpc) is 2.52. The van der Waals surface area contributed by atoms with E-state index < -0.39 is 5.60 Å². The first kappa shape index (κ1) is 17.3. The summed E-state index contributed by atoms with van der Waals surface area (Å²) in [6, 6.07) is 9.94. The van der Waals surface area contributed by atoms with Crippen LogP contribution in [-0.4, -0.2) is 40.3 Å². The summed E-state index contributed by atoms with van der Waals surface area (Å²) in [6.45, 7) is 8.04. The smallest absolute Gasteiger partial charge is 0.152 e.